The number of anilines is 1. The van der Waals surface area contributed by atoms with Crippen molar-refractivity contribution in [1.82, 2.24) is 10.2 Å². The van der Waals surface area contributed by atoms with Crippen LogP contribution in [0.4, 0.5) is 5.69 Å². The van der Waals surface area contributed by atoms with Crippen LogP contribution in [0.25, 0.3) is 0 Å². The minimum absolute atomic E-state index is 0.0705. The Morgan fingerprint density at radius 2 is 1.94 bits per heavy atom. The second kappa shape index (κ2) is 6.52. The van der Waals surface area contributed by atoms with Crippen LogP contribution in [0.2, 0.25) is 0 Å². The van der Waals surface area contributed by atoms with Crippen molar-refractivity contribution in [1.29, 1.82) is 0 Å². The number of carbonyl (C=O) groups is 1. The number of amides is 1. The highest BCUT2D eigenvalue weighted by atomic mass is 16.2. The van der Waals surface area contributed by atoms with Gasteiger partial charge in [-0.25, -0.2) is 0 Å². The molecule has 0 unspecified atom stereocenters. The smallest absolute Gasteiger partial charge is 0.238 e. The molecule has 0 bridgehead atoms. The Bertz CT molecular complexity index is 383. The third-order valence-corrected chi connectivity index (χ3v) is 3.22. The molecule has 1 fully saturated rings. The van der Waals surface area contributed by atoms with E-state index in [1.165, 1.54) is 5.56 Å². The number of rotatable bonds is 4. The van der Waals surface area contributed by atoms with E-state index in [0.29, 0.717) is 6.54 Å². The van der Waals surface area contributed by atoms with Gasteiger partial charge in [-0.15, -0.1) is 0 Å². The fourth-order valence-electron chi connectivity index (χ4n) is 2.10. The van der Waals surface area contributed by atoms with Gasteiger partial charge in [0.25, 0.3) is 0 Å². The average Bonchev–Trinajstić information content (AvgIpc) is 2.40. The summed E-state index contributed by atoms with van der Waals surface area (Å²) in [6.07, 6.45) is 1.02. The lowest BCUT2D eigenvalue weighted by atomic mass is 10.1. The first-order valence-corrected chi connectivity index (χ1v) is 6.60. The summed E-state index contributed by atoms with van der Waals surface area (Å²) in [4.78, 5) is 14.0. The van der Waals surface area contributed by atoms with Crippen molar-refractivity contribution in [2.45, 2.75) is 13.3 Å². The summed E-state index contributed by atoms with van der Waals surface area (Å²) in [5.41, 5.74) is 2.17. The second-order valence-corrected chi connectivity index (χ2v) is 4.62. The van der Waals surface area contributed by atoms with E-state index in [4.69, 9.17) is 0 Å². The number of hydrogen-bond donors (Lipinski definition) is 2. The van der Waals surface area contributed by atoms with Gasteiger partial charge in [-0.2, -0.15) is 0 Å². The van der Waals surface area contributed by atoms with Crippen LogP contribution in [0.5, 0.6) is 0 Å². The van der Waals surface area contributed by atoms with Crippen molar-refractivity contribution < 1.29 is 4.79 Å². The average molecular weight is 247 g/mol. The molecule has 1 aliphatic heterocycles. The van der Waals surface area contributed by atoms with Crippen LogP contribution in [0, 0.1) is 0 Å². The van der Waals surface area contributed by atoms with E-state index in [-0.39, 0.29) is 5.91 Å². The van der Waals surface area contributed by atoms with Crippen LogP contribution in [0.3, 0.4) is 0 Å². The monoisotopic (exact) mass is 247 g/mol. The summed E-state index contributed by atoms with van der Waals surface area (Å²) in [5, 5.41) is 6.22. The molecule has 0 spiro atoms. The van der Waals surface area contributed by atoms with Gasteiger partial charge in [0, 0.05) is 31.9 Å². The van der Waals surface area contributed by atoms with Crippen molar-refractivity contribution in [3.05, 3.63) is 29.8 Å². The standard InChI is InChI=1S/C14H21N3O/c1-2-12-3-5-13(6-4-12)16-14(18)11-17-9-7-15-8-10-17/h3-6,15H,2,7-11H2,1H3,(H,16,18). The highest BCUT2D eigenvalue weighted by Gasteiger charge is 2.13. The molecule has 0 radical (unpaired) electrons. The Hall–Kier alpha value is -1.39. The molecular formula is C14H21N3O. The molecule has 0 aliphatic carbocycles. The normalized spacial score (nSPS) is 16.5. The predicted molar refractivity (Wildman–Crippen MR) is 73.8 cm³/mol. The third kappa shape index (κ3) is 3.82. The van der Waals surface area contributed by atoms with Crippen molar-refractivity contribution in [3.63, 3.8) is 0 Å². The first-order chi connectivity index (χ1) is 8.78. The molecule has 4 nitrogen and oxygen atoms in total. The van der Waals surface area contributed by atoms with Crippen LogP contribution >= 0.6 is 0 Å². The van der Waals surface area contributed by atoms with Gasteiger partial charge in [0.2, 0.25) is 5.91 Å². The Morgan fingerprint density at radius 3 is 2.56 bits per heavy atom. The molecule has 2 N–H and O–H groups in total. The molecule has 2 rings (SSSR count). The number of hydrogen-bond acceptors (Lipinski definition) is 3. The summed E-state index contributed by atoms with van der Waals surface area (Å²) in [6.45, 7) is 6.44. The lowest BCUT2D eigenvalue weighted by molar-refractivity contribution is -0.117. The summed E-state index contributed by atoms with van der Waals surface area (Å²) in [7, 11) is 0. The van der Waals surface area contributed by atoms with Crippen LogP contribution in [-0.4, -0.2) is 43.5 Å². The molecule has 98 valence electrons. The van der Waals surface area contributed by atoms with Gasteiger partial charge < -0.3 is 10.6 Å². The number of piperazine rings is 1. The molecule has 1 heterocycles. The van der Waals surface area contributed by atoms with Crippen molar-refractivity contribution in [2.75, 3.05) is 38.0 Å². The summed E-state index contributed by atoms with van der Waals surface area (Å²) >= 11 is 0. The number of aryl methyl sites for hydroxylation is 1. The van der Waals surface area contributed by atoms with Crippen LogP contribution in [0.15, 0.2) is 24.3 Å². The zero-order valence-electron chi connectivity index (χ0n) is 10.9. The maximum Gasteiger partial charge on any atom is 0.238 e. The number of carbonyl (C=O) groups excluding carboxylic acids is 1. The highest BCUT2D eigenvalue weighted by Crippen LogP contribution is 2.09. The van der Waals surface area contributed by atoms with Crippen LogP contribution < -0.4 is 10.6 Å². The van der Waals surface area contributed by atoms with Gasteiger partial charge in [0.05, 0.1) is 6.54 Å². The maximum absolute atomic E-state index is 11.9. The van der Waals surface area contributed by atoms with Crippen LogP contribution in [-0.2, 0) is 11.2 Å². The second-order valence-electron chi connectivity index (χ2n) is 4.62. The molecule has 1 aliphatic rings. The molecule has 0 aromatic heterocycles. The van der Waals surface area contributed by atoms with E-state index >= 15 is 0 Å². The molecule has 1 aromatic rings. The Balaban J connectivity index is 1.82. The van der Waals surface area contributed by atoms with Gasteiger partial charge in [0.1, 0.15) is 0 Å². The molecule has 4 heteroatoms. The van der Waals surface area contributed by atoms with Crippen molar-refractivity contribution in [3.8, 4) is 0 Å². The highest BCUT2D eigenvalue weighted by molar-refractivity contribution is 5.92. The Morgan fingerprint density at radius 1 is 1.28 bits per heavy atom. The Kier molecular flexibility index (Phi) is 4.73. The zero-order valence-corrected chi connectivity index (χ0v) is 10.9. The molecule has 0 saturated carbocycles. The van der Waals surface area contributed by atoms with E-state index in [9.17, 15) is 4.79 Å². The van der Waals surface area contributed by atoms with Gasteiger partial charge >= 0.3 is 0 Å². The molecule has 1 amide bonds. The summed E-state index contributed by atoms with van der Waals surface area (Å²) in [5.74, 6) is 0.0705. The fourth-order valence-corrected chi connectivity index (χ4v) is 2.10. The summed E-state index contributed by atoms with van der Waals surface area (Å²) < 4.78 is 0. The molecule has 1 saturated heterocycles. The molecule has 0 atom stereocenters. The number of benzene rings is 1. The van der Waals surface area contributed by atoms with Crippen molar-refractivity contribution >= 4 is 11.6 Å². The van der Waals surface area contributed by atoms with Gasteiger partial charge in [-0.3, -0.25) is 9.69 Å². The SMILES string of the molecule is CCc1ccc(NC(=O)CN2CCNCC2)cc1. The van der Waals surface area contributed by atoms with Crippen LogP contribution in [0.1, 0.15) is 12.5 Å². The van der Waals surface area contributed by atoms with E-state index in [0.717, 1.165) is 38.3 Å². The first-order valence-electron chi connectivity index (χ1n) is 6.60. The minimum Gasteiger partial charge on any atom is -0.325 e. The van der Waals surface area contributed by atoms with E-state index in [1.54, 1.807) is 0 Å². The molecule has 1 aromatic carbocycles. The molecular weight excluding hydrogens is 226 g/mol. The maximum atomic E-state index is 11.9. The lowest BCUT2D eigenvalue weighted by Crippen LogP contribution is -2.46. The molecule has 18 heavy (non-hydrogen) atoms. The topological polar surface area (TPSA) is 44.4 Å². The summed E-state index contributed by atoms with van der Waals surface area (Å²) in [6, 6.07) is 8.05. The van der Waals surface area contributed by atoms with Gasteiger partial charge in [-0.05, 0) is 24.1 Å². The first kappa shape index (κ1) is 13.1. The zero-order chi connectivity index (χ0) is 12.8. The van der Waals surface area contributed by atoms with Gasteiger partial charge in [-0.1, -0.05) is 19.1 Å². The lowest BCUT2D eigenvalue weighted by Gasteiger charge is -2.26. The third-order valence-electron chi connectivity index (χ3n) is 3.22. The minimum atomic E-state index is 0.0705. The van der Waals surface area contributed by atoms with Gasteiger partial charge in [0.15, 0.2) is 0 Å². The predicted octanol–water partition coefficient (Wildman–Crippen LogP) is 1.09. The van der Waals surface area contributed by atoms with E-state index in [1.807, 2.05) is 12.1 Å². The number of nitrogens with one attached hydrogen (secondary N) is 2. The fraction of sp³-hybridized carbons (Fsp3) is 0.500. The largest absolute Gasteiger partial charge is 0.325 e. The Labute approximate surface area is 108 Å². The van der Waals surface area contributed by atoms with Crippen molar-refractivity contribution in [2.24, 2.45) is 0 Å². The van der Waals surface area contributed by atoms with E-state index < -0.39 is 0 Å². The quantitative estimate of drug-likeness (QED) is 0.837. The number of nitrogens with zero attached hydrogens (tertiary/aromatic N) is 1. The van der Waals surface area contributed by atoms with E-state index in [2.05, 4.69) is 34.6 Å².